The highest BCUT2D eigenvalue weighted by Crippen LogP contribution is 2.23. The van der Waals surface area contributed by atoms with E-state index < -0.39 is 0 Å². The summed E-state index contributed by atoms with van der Waals surface area (Å²) in [4.78, 5) is 17.8. The molecule has 0 radical (unpaired) electrons. The van der Waals surface area contributed by atoms with E-state index in [9.17, 15) is 4.79 Å². The van der Waals surface area contributed by atoms with Crippen molar-refractivity contribution in [2.75, 3.05) is 5.32 Å². The van der Waals surface area contributed by atoms with Gasteiger partial charge in [-0.2, -0.15) is 0 Å². The monoisotopic (exact) mass is 342 g/mol. The Kier molecular flexibility index (Phi) is 4.74. The maximum Gasteiger partial charge on any atom is 0.195 e. The van der Waals surface area contributed by atoms with Gasteiger partial charge in [0, 0.05) is 27.9 Å². The fraction of sp³-hybridized carbons (Fsp3) is 0.111. The van der Waals surface area contributed by atoms with Crippen LogP contribution in [-0.2, 0) is 6.54 Å². The number of anilines is 1. The molecule has 0 unspecified atom stereocenters. The summed E-state index contributed by atoms with van der Waals surface area (Å²) in [6.07, 6.45) is 1.74. The second-order valence-electron chi connectivity index (χ2n) is 5.17. The molecule has 0 aliphatic rings. The van der Waals surface area contributed by atoms with Crippen LogP contribution in [0, 0.1) is 6.92 Å². The van der Waals surface area contributed by atoms with Gasteiger partial charge < -0.3 is 5.32 Å². The van der Waals surface area contributed by atoms with Crippen LogP contribution >= 0.6 is 22.9 Å². The van der Waals surface area contributed by atoms with E-state index in [4.69, 9.17) is 11.6 Å². The van der Waals surface area contributed by atoms with E-state index in [1.54, 1.807) is 6.20 Å². The van der Waals surface area contributed by atoms with Crippen molar-refractivity contribution in [2.45, 2.75) is 13.5 Å². The number of aryl methyl sites for hydroxylation is 1. The Balaban J connectivity index is 1.82. The third-order valence-corrected chi connectivity index (χ3v) is 4.58. The highest BCUT2D eigenvalue weighted by Gasteiger charge is 2.13. The minimum Gasteiger partial charge on any atom is -0.379 e. The third kappa shape index (κ3) is 3.78. The number of rotatable bonds is 5. The first kappa shape index (κ1) is 15.7. The highest BCUT2D eigenvalue weighted by molar-refractivity contribution is 7.15. The number of thiazole rings is 1. The van der Waals surface area contributed by atoms with Crippen molar-refractivity contribution in [3.8, 4) is 0 Å². The summed E-state index contributed by atoms with van der Waals surface area (Å²) in [5.74, 6) is 0.00966. The molecule has 0 saturated heterocycles. The average molecular weight is 343 g/mol. The summed E-state index contributed by atoms with van der Waals surface area (Å²) < 4.78 is 0.519. The number of nitrogens with one attached hydrogen (secondary N) is 1. The number of carbonyl (C=O) groups is 1. The SMILES string of the molecule is Cc1ccc(C(=O)c2ccccc2NCc2cnc(Cl)s2)cc1. The van der Waals surface area contributed by atoms with Crippen LogP contribution in [0.1, 0.15) is 26.4 Å². The summed E-state index contributed by atoms with van der Waals surface area (Å²) in [6.45, 7) is 2.59. The molecule has 3 nitrogen and oxygen atoms in total. The van der Waals surface area contributed by atoms with Crippen LogP contribution in [0.2, 0.25) is 4.47 Å². The van der Waals surface area contributed by atoms with Crippen LogP contribution in [0.15, 0.2) is 54.7 Å². The summed E-state index contributed by atoms with van der Waals surface area (Å²) in [7, 11) is 0. The Morgan fingerprint density at radius 2 is 1.91 bits per heavy atom. The normalized spacial score (nSPS) is 10.5. The lowest BCUT2D eigenvalue weighted by molar-refractivity contribution is 0.103. The Labute approximate surface area is 144 Å². The first-order valence-electron chi connectivity index (χ1n) is 7.18. The lowest BCUT2D eigenvalue weighted by Crippen LogP contribution is -2.07. The van der Waals surface area contributed by atoms with E-state index >= 15 is 0 Å². The molecule has 1 heterocycles. The van der Waals surface area contributed by atoms with E-state index in [0.717, 1.165) is 16.1 Å². The standard InChI is InChI=1S/C18H15ClN2OS/c1-12-6-8-13(9-7-12)17(22)15-4-2-3-5-16(15)20-10-14-11-21-18(19)23-14/h2-9,11,20H,10H2,1H3. The fourth-order valence-corrected chi connectivity index (χ4v) is 3.16. The Hall–Kier alpha value is -2.17. The smallest absolute Gasteiger partial charge is 0.195 e. The van der Waals surface area contributed by atoms with Gasteiger partial charge in [-0.25, -0.2) is 4.98 Å². The zero-order valence-electron chi connectivity index (χ0n) is 12.5. The maximum absolute atomic E-state index is 12.7. The number of para-hydroxylation sites is 1. The van der Waals surface area contributed by atoms with E-state index in [-0.39, 0.29) is 5.78 Å². The molecule has 0 aliphatic heterocycles. The number of benzene rings is 2. The molecule has 116 valence electrons. The number of nitrogens with zero attached hydrogens (tertiary/aromatic N) is 1. The molecule has 0 bridgehead atoms. The fourth-order valence-electron chi connectivity index (χ4n) is 2.24. The van der Waals surface area contributed by atoms with Crippen LogP contribution < -0.4 is 5.32 Å². The number of ketones is 1. The van der Waals surface area contributed by atoms with Crippen molar-refractivity contribution >= 4 is 34.4 Å². The molecule has 0 saturated carbocycles. The number of hydrogen-bond donors (Lipinski definition) is 1. The first-order chi connectivity index (χ1) is 11.1. The second-order valence-corrected chi connectivity index (χ2v) is 6.87. The van der Waals surface area contributed by atoms with E-state index in [0.29, 0.717) is 22.1 Å². The quantitative estimate of drug-likeness (QED) is 0.667. The Bertz CT molecular complexity index is 827. The van der Waals surface area contributed by atoms with Crippen LogP contribution in [0.25, 0.3) is 0 Å². The summed E-state index contributed by atoms with van der Waals surface area (Å²) in [5.41, 5.74) is 3.29. The molecule has 2 aromatic carbocycles. The zero-order valence-corrected chi connectivity index (χ0v) is 14.1. The second kappa shape index (κ2) is 6.94. The van der Waals surface area contributed by atoms with E-state index in [1.165, 1.54) is 11.3 Å². The molecule has 1 N–H and O–H groups in total. The van der Waals surface area contributed by atoms with E-state index in [2.05, 4.69) is 10.3 Å². The van der Waals surface area contributed by atoms with Gasteiger partial charge in [-0.15, -0.1) is 11.3 Å². The van der Waals surface area contributed by atoms with Gasteiger partial charge in [0.05, 0.1) is 6.54 Å². The molecular weight excluding hydrogens is 328 g/mol. The highest BCUT2D eigenvalue weighted by atomic mass is 35.5. The van der Waals surface area contributed by atoms with Gasteiger partial charge in [-0.05, 0) is 19.1 Å². The Morgan fingerprint density at radius 1 is 1.17 bits per heavy atom. The zero-order chi connectivity index (χ0) is 16.2. The molecule has 0 aliphatic carbocycles. The molecule has 3 aromatic rings. The van der Waals surface area contributed by atoms with Gasteiger partial charge in [0.1, 0.15) is 0 Å². The van der Waals surface area contributed by atoms with Gasteiger partial charge in [-0.1, -0.05) is 53.6 Å². The van der Waals surface area contributed by atoms with Crippen molar-refractivity contribution in [1.29, 1.82) is 0 Å². The predicted octanol–water partition coefficient (Wildman–Crippen LogP) is 4.95. The molecule has 1 aromatic heterocycles. The van der Waals surface area contributed by atoms with Gasteiger partial charge in [-0.3, -0.25) is 4.79 Å². The number of aromatic nitrogens is 1. The molecule has 3 rings (SSSR count). The average Bonchev–Trinajstić information content (AvgIpc) is 2.99. The van der Waals surface area contributed by atoms with Gasteiger partial charge >= 0.3 is 0 Å². The van der Waals surface area contributed by atoms with Crippen molar-refractivity contribution in [2.24, 2.45) is 0 Å². The minimum absolute atomic E-state index is 0.00966. The lowest BCUT2D eigenvalue weighted by atomic mass is 10.0. The van der Waals surface area contributed by atoms with Crippen molar-refractivity contribution in [3.63, 3.8) is 0 Å². The molecule has 0 spiro atoms. The molecule has 0 atom stereocenters. The molecule has 0 fully saturated rings. The number of halogens is 1. The summed E-state index contributed by atoms with van der Waals surface area (Å²) in [5, 5.41) is 3.30. The summed E-state index contributed by atoms with van der Waals surface area (Å²) in [6, 6.07) is 15.1. The molecule has 0 amide bonds. The van der Waals surface area contributed by atoms with Gasteiger partial charge in [0.2, 0.25) is 0 Å². The van der Waals surface area contributed by atoms with Crippen LogP contribution in [0.5, 0.6) is 0 Å². The van der Waals surface area contributed by atoms with E-state index in [1.807, 2.05) is 55.5 Å². The first-order valence-corrected chi connectivity index (χ1v) is 8.37. The molecule has 5 heteroatoms. The van der Waals surface area contributed by atoms with Crippen molar-refractivity contribution < 1.29 is 4.79 Å². The van der Waals surface area contributed by atoms with Gasteiger partial charge in [0.15, 0.2) is 10.3 Å². The minimum atomic E-state index is 0.00966. The van der Waals surface area contributed by atoms with Gasteiger partial charge in [0.25, 0.3) is 0 Å². The number of carbonyl (C=O) groups excluding carboxylic acids is 1. The maximum atomic E-state index is 12.7. The topological polar surface area (TPSA) is 42.0 Å². The Morgan fingerprint density at radius 3 is 2.61 bits per heavy atom. The van der Waals surface area contributed by atoms with Crippen LogP contribution in [0.4, 0.5) is 5.69 Å². The lowest BCUT2D eigenvalue weighted by Gasteiger charge is -2.10. The largest absolute Gasteiger partial charge is 0.379 e. The summed E-state index contributed by atoms with van der Waals surface area (Å²) >= 11 is 7.27. The third-order valence-electron chi connectivity index (χ3n) is 3.46. The van der Waals surface area contributed by atoms with Crippen LogP contribution in [0.3, 0.4) is 0 Å². The molecule has 23 heavy (non-hydrogen) atoms. The van der Waals surface area contributed by atoms with Crippen molar-refractivity contribution in [1.82, 2.24) is 4.98 Å². The van der Waals surface area contributed by atoms with Crippen molar-refractivity contribution in [3.05, 3.63) is 80.8 Å². The molecular formula is C18H15ClN2OS. The van der Waals surface area contributed by atoms with Crippen LogP contribution in [-0.4, -0.2) is 10.8 Å². The number of hydrogen-bond acceptors (Lipinski definition) is 4. The predicted molar refractivity (Wildman–Crippen MR) is 95.5 cm³/mol.